The lowest BCUT2D eigenvalue weighted by atomic mass is 10.1. The molecule has 1 aliphatic rings. The number of piperazine rings is 1. The molecule has 0 radical (unpaired) electrons. The lowest BCUT2D eigenvalue weighted by Gasteiger charge is -2.37. The van der Waals surface area contributed by atoms with Gasteiger partial charge in [0.1, 0.15) is 12.3 Å². The number of urea groups is 1. The van der Waals surface area contributed by atoms with Crippen molar-refractivity contribution in [2.45, 2.75) is 46.2 Å². The summed E-state index contributed by atoms with van der Waals surface area (Å²) in [5, 5.41) is 11.7. The molecule has 0 spiro atoms. The highest BCUT2D eigenvalue weighted by Gasteiger charge is 2.27. The van der Waals surface area contributed by atoms with E-state index < -0.39 is 0 Å². The fraction of sp³-hybridized carbons (Fsp3) is 0.520. The highest BCUT2D eigenvalue weighted by molar-refractivity contribution is 5.84. The van der Waals surface area contributed by atoms with Crippen LogP contribution in [0, 0.1) is 0 Å². The van der Waals surface area contributed by atoms with Crippen molar-refractivity contribution in [1.29, 1.82) is 0 Å². The summed E-state index contributed by atoms with van der Waals surface area (Å²) >= 11 is 0. The molecule has 9 nitrogen and oxygen atoms in total. The minimum absolute atomic E-state index is 0.0117. The number of hydrogen-bond acceptors (Lipinski definition) is 6. The first-order chi connectivity index (χ1) is 16.3. The Bertz CT molecular complexity index is 957. The Morgan fingerprint density at radius 2 is 1.82 bits per heavy atom. The predicted molar refractivity (Wildman–Crippen MR) is 133 cm³/mol. The first-order valence-electron chi connectivity index (χ1n) is 11.9. The summed E-state index contributed by atoms with van der Waals surface area (Å²) in [5.41, 5.74) is 1.72. The quantitative estimate of drug-likeness (QED) is 0.641. The first-order valence-corrected chi connectivity index (χ1v) is 11.9. The topological polar surface area (TPSA) is 90.9 Å². The lowest BCUT2D eigenvalue weighted by molar-refractivity contribution is -0.132. The normalized spacial score (nSPS) is 14.6. The van der Waals surface area contributed by atoms with Gasteiger partial charge in [0.2, 0.25) is 5.91 Å². The van der Waals surface area contributed by atoms with Crippen molar-refractivity contribution < 1.29 is 14.3 Å². The van der Waals surface area contributed by atoms with Crippen LogP contribution in [-0.4, -0.2) is 83.9 Å². The van der Waals surface area contributed by atoms with Gasteiger partial charge in [-0.2, -0.15) is 0 Å². The van der Waals surface area contributed by atoms with Gasteiger partial charge in [-0.05, 0) is 51.5 Å². The van der Waals surface area contributed by atoms with E-state index in [1.165, 1.54) is 0 Å². The van der Waals surface area contributed by atoms with Crippen LogP contribution in [-0.2, 0) is 4.79 Å². The highest BCUT2D eigenvalue weighted by Crippen LogP contribution is 2.23. The van der Waals surface area contributed by atoms with Gasteiger partial charge in [-0.3, -0.25) is 4.79 Å². The number of nitrogens with zero attached hydrogens (tertiary/aromatic N) is 5. The summed E-state index contributed by atoms with van der Waals surface area (Å²) in [4.78, 5) is 31.1. The van der Waals surface area contributed by atoms with Gasteiger partial charge >= 0.3 is 6.03 Å². The Hall–Kier alpha value is -3.36. The van der Waals surface area contributed by atoms with E-state index in [1.807, 2.05) is 69.0 Å². The van der Waals surface area contributed by atoms with Crippen molar-refractivity contribution >= 4 is 17.8 Å². The molecule has 0 aliphatic carbocycles. The zero-order chi connectivity index (χ0) is 24.7. The number of benzene rings is 1. The van der Waals surface area contributed by atoms with Gasteiger partial charge in [0.05, 0.1) is 12.8 Å². The summed E-state index contributed by atoms with van der Waals surface area (Å²) in [5.74, 6) is 1.53. The molecule has 0 saturated carbocycles. The molecule has 3 rings (SSSR count). The number of hydrogen-bond donors (Lipinski definition) is 1. The van der Waals surface area contributed by atoms with Gasteiger partial charge in [0.15, 0.2) is 5.82 Å². The molecular weight excluding hydrogens is 432 g/mol. The smallest absolute Gasteiger partial charge is 0.318 e. The zero-order valence-electron chi connectivity index (χ0n) is 20.8. The Kier molecular flexibility index (Phi) is 8.67. The maximum absolute atomic E-state index is 13.0. The van der Waals surface area contributed by atoms with Crippen molar-refractivity contribution in [3.05, 3.63) is 36.4 Å². The van der Waals surface area contributed by atoms with Crippen molar-refractivity contribution in [2.75, 3.05) is 44.7 Å². The molecule has 2 heterocycles. The second kappa shape index (κ2) is 11.7. The standard InChI is InChI=1S/C25H36N6O3/c1-6-19(4)31(25(33)26-18(2)3)17-24(32)30-14-12-29(13-15-30)23-11-10-22(27-28-23)20-8-7-9-21(16-20)34-5/h7-11,16,18-19H,6,12-15,17H2,1-5H3,(H,26,33). The van der Waals surface area contributed by atoms with Crippen molar-refractivity contribution in [3.63, 3.8) is 0 Å². The van der Waals surface area contributed by atoms with E-state index in [4.69, 9.17) is 4.74 Å². The van der Waals surface area contributed by atoms with Crippen LogP contribution in [0.4, 0.5) is 10.6 Å². The van der Waals surface area contributed by atoms with Crippen LogP contribution >= 0.6 is 0 Å². The minimum atomic E-state index is -0.192. The van der Waals surface area contributed by atoms with Crippen LogP contribution in [0.2, 0.25) is 0 Å². The molecular formula is C25H36N6O3. The van der Waals surface area contributed by atoms with E-state index in [0.717, 1.165) is 29.2 Å². The molecule has 1 N–H and O–H groups in total. The minimum Gasteiger partial charge on any atom is -0.497 e. The summed E-state index contributed by atoms with van der Waals surface area (Å²) in [7, 11) is 1.64. The van der Waals surface area contributed by atoms with Crippen LogP contribution in [0.1, 0.15) is 34.1 Å². The fourth-order valence-corrected chi connectivity index (χ4v) is 3.84. The molecule has 184 valence electrons. The van der Waals surface area contributed by atoms with E-state index >= 15 is 0 Å². The number of aromatic nitrogens is 2. The van der Waals surface area contributed by atoms with Crippen molar-refractivity contribution in [2.24, 2.45) is 0 Å². The molecule has 1 atom stereocenters. The Labute approximate surface area is 202 Å². The highest BCUT2D eigenvalue weighted by atomic mass is 16.5. The second-order valence-electron chi connectivity index (χ2n) is 8.87. The number of amides is 3. The molecule has 3 amide bonds. The monoisotopic (exact) mass is 468 g/mol. The largest absolute Gasteiger partial charge is 0.497 e. The summed E-state index contributed by atoms with van der Waals surface area (Å²) in [6.07, 6.45) is 0.789. The van der Waals surface area contributed by atoms with Gasteiger partial charge in [-0.25, -0.2) is 4.79 Å². The van der Waals surface area contributed by atoms with E-state index in [1.54, 1.807) is 12.0 Å². The van der Waals surface area contributed by atoms with Crippen LogP contribution in [0.3, 0.4) is 0 Å². The van der Waals surface area contributed by atoms with Gasteiger partial charge in [0.25, 0.3) is 0 Å². The van der Waals surface area contributed by atoms with E-state index in [2.05, 4.69) is 20.4 Å². The summed E-state index contributed by atoms with van der Waals surface area (Å²) < 4.78 is 5.28. The summed E-state index contributed by atoms with van der Waals surface area (Å²) in [6.45, 7) is 10.4. The van der Waals surface area contributed by atoms with Crippen molar-refractivity contribution in [1.82, 2.24) is 25.3 Å². The molecule has 1 aromatic heterocycles. The number of carbonyl (C=O) groups is 2. The number of ether oxygens (including phenoxy) is 1. The average Bonchev–Trinajstić information content (AvgIpc) is 2.86. The van der Waals surface area contributed by atoms with E-state index in [9.17, 15) is 9.59 Å². The third-order valence-corrected chi connectivity index (χ3v) is 6.07. The second-order valence-corrected chi connectivity index (χ2v) is 8.87. The van der Waals surface area contributed by atoms with Crippen molar-refractivity contribution in [3.8, 4) is 17.0 Å². The molecule has 1 aliphatic heterocycles. The molecule has 1 aromatic carbocycles. The number of rotatable bonds is 8. The molecule has 34 heavy (non-hydrogen) atoms. The lowest BCUT2D eigenvalue weighted by Crippen LogP contribution is -2.55. The van der Waals surface area contributed by atoms with E-state index in [-0.39, 0.29) is 30.6 Å². The average molecular weight is 469 g/mol. The molecule has 2 aromatic rings. The van der Waals surface area contributed by atoms with Crippen LogP contribution < -0.4 is 15.0 Å². The molecule has 1 unspecified atom stereocenters. The number of carbonyl (C=O) groups excluding carboxylic acids is 2. The third kappa shape index (κ3) is 6.36. The van der Waals surface area contributed by atoms with Gasteiger partial charge in [0, 0.05) is 43.8 Å². The van der Waals surface area contributed by atoms with E-state index in [0.29, 0.717) is 26.2 Å². The number of anilines is 1. The number of methoxy groups -OCH3 is 1. The van der Waals surface area contributed by atoms with Crippen LogP contribution in [0.15, 0.2) is 36.4 Å². The summed E-state index contributed by atoms with van der Waals surface area (Å²) in [6, 6.07) is 11.4. The Morgan fingerprint density at radius 1 is 1.09 bits per heavy atom. The molecule has 0 bridgehead atoms. The Balaban J connectivity index is 1.57. The molecule has 1 saturated heterocycles. The maximum Gasteiger partial charge on any atom is 0.318 e. The third-order valence-electron chi connectivity index (χ3n) is 6.07. The zero-order valence-corrected chi connectivity index (χ0v) is 20.8. The molecule has 1 fully saturated rings. The predicted octanol–water partition coefficient (Wildman–Crippen LogP) is 3.02. The fourth-order valence-electron chi connectivity index (χ4n) is 3.84. The number of nitrogens with one attached hydrogen (secondary N) is 1. The molecule has 9 heteroatoms. The van der Waals surface area contributed by atoms with Gasteiger partial charge in [-0.15, -0.1) is 10.2 Å². The maximum atomic E-state index is 13.0. The Morgan fingerprint density at radius 3 is 2.41 bits per heavy atom. The van der Waals surface area contributed by atoms with Gasteiger partial charge in [-0.1, -0.05) is 19.1 Å². The van der Waals surface area contributed by atoms with Gasteiger partial charge < -0.3 is 24.8 Å². The SMILES string of the molecule is CCC(C)N(CC(=O)N1CCN(c2ccc(-c3cccc(OC)c3)nn2)CC1)C(=O)NC(C)C. The van der Waals surface area contributed by atoms with Crippen LogP contribution in [0.5, 0.6) is 5.75 Å². The first kappa shape index (κ1) is 25.3. The van der Waals surface area contributed by atoms with Crippen LogP contribution in [0.25, 0.3) is 11.3 Å².